The van der Waals surface area contributed by atoms with Gasteiger partial charge in [0.05, 0.1) is 7.11 Å². The van der Waals surface area contributed by atoms with E-state index < -0.39 is 5.41 Å². The summed E-state index contributed by atoms with van der Waals surface area (Å²) in [6.07, 6.45) is 2.09. The number of ether oxygens (including phenoxy) is 1. The van der Waals surface area contributed by atoms with Crippen LogP contribution in [0.3, 0.4) is 0 Å². The topological polar surface area (TPSA) is 61.9 Å². The van der Waals surface area contributed by atoms with Gasteiger partial charge < -0.3 is 19.9 Å². The van der Waals surface area contributed by atoms with Crippen molar-refractivity contribution >= 4 is 11.8 Å². The van der Waals surface area contributed by atoms with Gasteiger partial charge in [0.2, 0.25) is 11.8 Å². The Morgan fingerprint density at radius 1 is 1.12 bits per heavy atom. The Bertz CT molecular complexity index is 617. The van der Waals surface area contributed by atoms with E-state index in [0.717, 1.165) is 43.9 Å². The first kappa shape index (κ1) is 17.7. The predicted octanol–water partition coefficient (Wildman–Crippen LogP) is 0.908. The number of nitrogens with one attached hydrogen (secondary N) is 1. The fourth-order valence-corrected chi connectivity index (χ4v) is 3.26. The van der Waals surface area contributed by atoms with Gasteiger partial charge in [-0.25, -0.2) is 0 Å². The molecule has 1 saturated carbocycles. The van der Waals surface area contributed by atoms with Gasteiger partial charge in [0.25, 0.3) is 0 Å². The van der Waals surface area contributed by atoms with Gasteiger partial charge in [-0.2, -0.15) is 0 Å². The summed E-state index contributed by atoms with van der Waals surface area (Å²) in [6.45, 7) is 3.73. The van der Waals surface area contributed by atoms with Gasteiger partial charge in [-0.15, -0.1) is 0 Å². The molecule has 136 valence electrons. The lowest BCUT2D eigenvalue weighted by Crippen LogP contribution is -2.52. The molecule has 0 radical (unpaired) electrons. The summed E-state index contributed by atoms with van der Waals surface area (Å²) in [6, 6.07) is 7.81. The summed E-state index contributed by atoms with van der Waals surface area (Å²) in [5.41, 5.74) is 0.340. The van der Waals surface area contributed by atoms with Gasteiger partial charge in [0, 0.05) is 32.7 Å². The van der Waals surface area contributed by atoms with E-state index >= 15 is 0 Å². The van der Waals surface area contributed by atoms with Crippen molar-refractivity contribution in [3.05, 3.63) is 29.8 Å². The van der Waals surface area contributed by atoms with Crippen molar-refractivity contribution in [1.82, 2.24) is 15.1 Å². The van der Waals surface area contributed by atoms with Gasteiger partial charge in [-0.1, -0.05) is 12.1 Å². The number of likely N-dealkylation sites (N-methyl/N-ethyl adjacent to an activating group) is 1. The maximum absolute atomic E-state index is 12.8. The molecule has 3 rings (SSSR count). The van der Waals surface area contributed by atoms with Crippen molar-refractivity contribution in [1.29, 1.82) is 0 Å². The number of nitrogens with zero attached hydrogens (tertiary/aromatic N) is 2. The van der Waals surface area contributed by atoms with Gasteiger partial charge >= 0.3 is 0 Å². The summed E-state index contributed by atoms with van der Waals surface area (Å²) in [5, 5.41) is 2.96. The predicted molar refractivity (Wildman–Crippen MR) is 95.5 cm³/mol. The van der Waals surface area contributed by atoms with Crippen LogP contribution in [0.2, 0.25) is 0 Å². The standard InChI is InChI=1S/C19H27N3O3/c1-21-11-13-22(14-12-21)18(24)19(8-9-19)17(23)20-10-7-15-3-5-16(25-2)6-4-15/h3-6H,7-14H2,1-2H3,(H,20,23). The van der Waals surface area contributed by atoms with E-state index in [4.69, 9.17) is 4.74 Å². The molecule has 1 aromatic carbocycles. The number of hydrogen-bond acceptors (Lipinski definition) is 4. The Balaban J connectivity index is 1.49. The molecular formula is C19H27N3O3. The molecular weight excluding hydrogens is 318 g/mol. The molecule has 1 saturated heterocycles. The molecule has 1 N–H and O–H groups in total. The second-order valence-corrected chi connectivity index (χ2v) is 7.03. The molecule has 2 aliphatic rings. The number of benzene rings is 1. The van der Waals surface area contributed by atoms with Gasteiger partial charge in [0.15, 0.2) is 0 Å². The molecule has 0 bridgehead atoms. The van der Waals surface area contributed by atoms with Crippen molar-refractivity contribution in [2.45, 2.75) is 19.3 Å². The fraction of sp³-hybridized carbons (Fsp3) is 0.579. The van der Waals surface area contributed by atoms with Crippen molar-refractivity contribution in [2.24, 2.45) is 5.41 Å². The molecule has 0 aromatic heterocycles. The number of methoxy groups -OCH3 is 1. The Hall–Kier alpha value is -2.08. The van der Waals surface area contributed by atoms with Crippen LogP contribution in [0, 0.1) is 5.41 Å². The van der Waals surface area contributed by atoms with Crippen LogP contribution in [-0.2, 0) is 16.0 Å². The molecule has 25 heavy (non-hydrogen) atoms. The molecule has 6 nitrogen and oxygen atoms in total. The summed E-state index contributed by atoms with van der Waals surface area (Å²) in [5.74, 6) is 0.731. The summed E-state index contributed by atoms with van der Waals surface area (Å²) >= 11 is 0. The van der Waals surface area contributed by atoms with Gasteiger partial charge in [-0.3, -0.25) is 9.59 Å². The normalized spacial score (nSPS) is 19.4. The zero-order valence-electron chi connectivity index (χ0n) is 15.1. The van der Waals surface area contributed by atoms with Crippen LogP contribution in [-0.4, -0.2) is 68.5 Å². The first-order chi connectivity index (χ1) is 12.0. The molecule has 6 heteroatoms. The molecule has 0 spiro atoms. The summed E-state index contributed by atoms with van der Waals surface area (Å²) in [4.78, 5) is 29.4. The van der Waals surface area contributed by atoms with E-state index in [9.17, 15) is 9.59 Å². The fourth-order valence-electron chi connectivity index (χ4n) is 3.26. The summed E-state index contributed by atoms with van der Waals surface area (Å²) in [7, 11) is 3.70. The van der Waals surface area contributed by atoms with Crippen LogP contribution in [0.15, 0.2) is 24.3 Å². The van der Waals surface area contributed by atoms with Crippen LogP contribution in [0.5, 0.6) is 5.75 Å². The number of rotatable bonds is 6. The first-order valence-electron chi connectivity index (χ1n) is 8.94. The molecule has 1 heterocycles. The second kappa shape index (κ2) is 7.44. The van der Waals surface area contributed by atoms with E-state index in [1.54, 1.807) is 7.11 Å². The van der Waals surface area contributed by atoms with Crippen LogP contribution in [0.4, 0.5) is 0 Å². The lowest BCUT2D eigenvalue weighted by molar-refractivity contribution is -0.145. The largest absolute Gasteiger partial charge is 0.497 e. The average molecular weight is 345 g/mol. The van der Waals surface area contributed by atoms with E-state index in [1.807, 2.05) is 29.2 Å². The van der Waals surface area contributed by atoms with Crippen molar-refractivity contribution in [3.63, 3.8) is 0 Å². The van der Waals surface area contributed by atoms with E-state index in [-0.39, 0.29) is 11.8 Å². The molecule has 1 aliphatic carbocycles. The smallest absolute Gasteiger partial charge is 0.238 e. The Kier molecular flexibility index (Phi) is 5.27. The maximum Gasteiger partial charge on any atom is 0.238 e. The van der Waals surface area contributed by atoms with E-state index in [2.05, 4.69) is 17.3 Å². The number of piperazine rings is 1. The van der Waals surface area contributed by atoms with E-state index in [1.165, 1.54) is 0 Å². The highest BCUT2D eigenvalue weighted by Gasteiger charge is 2.57. The molecule has 2 fully saturated rings. The zero-order chi connectivity index (χ0) is 17.9. The van der Waals surface area contributed by atoms with Gasteiger partial charge in [0.1, 0.15) is 11.2 Å². The van der Waals surface area contributed by atoms with Crippen molar-refractivity contribution in [2.75, 3.05) is 46.9 Å². The average Bonchev–Trinajstić information content (AvgIpc) is 3.44. The minimum Gasteiger partial charge on any atom is -0.497 e. The quantitative estimate of drug-likeness (QED) is 0.779. The number of carbonyl (C=O) groups excluding carboxylic acids is 2. The highest BCUT2D eigenvalue weighted by molar-refractivity contribution is 6.07. The third-order valence-electron chi connectivity index (χ3n) is 5.24. The number of hydrogen-bond donors (Lipinski definition) is 1. The Morgan fingerprint density at radius 2 is 1.76 bits per heavy atom. The lowest BCUT2D eigenvalue weighted by Gasteiger charge is -2.34. The number of amides is 2. The van der Waals surface area contributed by atoms with E-state index in [0.29, 0.717) is 19.4 Å². The second-order valence-electron chi connectivity index (χ2n) is 7.03. The monoisotopic (exact) mass is 345 g/mol. The van der Waals surface area contributed by atoms with Crippen molar-refractivity contribution in [3.8, 4) is 5.75 Å². The van der Waals surface area contributed by atoms with Crippen LogP contribution in [0.25, 0.3) is 0 Å². The third-order valence-corrected chi connectivity index (χ3v) is 5.24. The van der Waals surface area contributed by atoms with Crippen molar-refractivity contribution < 1.29 is 14.3 Å². The number of carbonyl (C=O) groups is 2. The highest BCUT2D eigenvalue weighted by Crippen LogP contribution is 2.47. The SMILES string of the molecule is COc1ccc(CCNC(=O)C2(C(=O)N3CCN(C)CC3)CC2)cc1. The molecule has 1 aromatic rings. The minimum atomic E-state index is -0.796. The zero-order valence-corrected chi connectivity index (χ0v) is 15.1. The molecule has 2 amide bonds. The highest BCUT2D eigenvalue weighted by atomic mass is 16.5. The third kappa shape index (κ3) is 3.95. The van der Waals surface area contributed by atoms with Crippen LogP contribution in [0.1, 0.15) is 18.4 Å². The maximum atomic E-state index is 12.8. The van der Waals surface area contributed by atoms with Crippen LogP contribution >= 0.6 is 0 Å². The first-order valence-corrected chi connectivity index (χ1v) is 8.94. The minimum absolute atomic E-state index is 0.0162. The molecule has 0 unspecified atom stereocenters. The molecule has 1 aliphatic heterocycles. The Morgan fingerprint density at radius 3 is 2.32 bits per heavy atom. The van der Waals surface area contributed by atoms with Crippen LogP contribution < -0.4 is 10.1 Å². The van der Waals surface area contributed by atoms with Gasteiger partial charge in [-0.05, 0) is 44.0 Å². The Labute approximate surface area is 149 Å². The summed E-state index contributed by atoms with van der Waals surface area (Å²) < 4.78 is 5.14. The molecule has 0 atom stereocenters. The lowest BCUT2D eigenvalue weighted by atomic mass is 10.0.